The van der Waals surface area contributed by atoms with Crippen molar-refractivity contribution in [3.8, 4) is 11.3 Å². The number of carbonyl (C=O) groups is 1. The zero-order valence-electron chi connectivity index (χ0n) is 19.4. The first-order chi connectivity index (χ1) is 16.5. The van der Waals surface area contributed by atoms with Gasteiger partial charge < -0.3 is 10.2 Å². The number of amides is 1. The van der Waals surface area contributed by atoms with Gasteiger partial charge in [-0.1, -0.05) is 30.3 Å². The number of carbonyl (C=O) groups excluding carboxylic acids is 1. The molecule has 4 aromatic rings. The van der Waals surface area contributed by atoms with Crippen molar-refractivity contribution in [3.05, 3.63) is 82.4 Å². The number of benzene rings is 2. The molecule has 8 heteroatoms. The van der Waals surface area contributed by atoms with Crippen LogP contribution in [0.3, 0.4) is 0 Å². The molecule has 2 aromatic carbocycles. The van der Waals surface area contributed by atoms with E-state index >= 15 is 0 Å². The molecule has 1 N–H and O–H groups in total. The zero-order valence-corrected chi connectivity index (χ0v) is 19.4. The van der Waals surface area contributed by atoms with Gasteiger partial charge in [0.2, 0.25) is 0 Å². The second-order valence-electron chi connectivity index (χ2n) is 9.01. The monoisotopic (exact) mass is 456 g/mol. The third-order valence-electron chi connectivity index (χ3n) is 6.45. The molecule has 2 aromatic heterocycles. The molecule has 3 heterocycles. The lowest BCUT2D eigenvalue weighted by Gasteiger charge is -2.29. The standard InChI is InChI=1S/C26H28N6O2/c1-30-13-11-21(12-14-30)28-25(33)19-9-7-18(8-10-19)16-32-26(34)23-6-4-3-5-22(23)24(29-32)20-15-27-31(2)17-20/h3-10,15,17,21H,11-14,16H2,1-2H3,(H,28,33). The van der Waals surface area contributed by atoms with Crippen LogP contribution in [0.25, 0.3) is 22.0 Å². The predicted octanol–water partition coefficient (Wildman–Crippen LogP) is 2.67. The summed E-state index contributed by atoms with van der Waals surface area (Å²) in [5.41, 5.74) is 2.95. The molecule has 0 aliphatic carbocycles. The molecule has 1 saturated heterocycles. The minimum atomic E-state index is -0.146. The van der Waals surface area contributed by atoms with Crippen LogP contribution in [0, 0.1) is 0 Å². The average Bonchev–Trinajstić information content (AvgIpc) is 3.29. The Kier molecular flexibility index (Phi) is 5.98. The number of aromatic nitrogens is 4. The summed E-state index contributed by atoms with van der Waals surface area (Å²) in [6.07, 6.45) is 5.58. The van der Waals surface area contributed by atoms with E-state index in [2.05, 4.69) is 27.5 Å². The van der Waals surface area contributed by atoms with Gasteiger partial charge in [-0.3, -0.25) is 14.3 Å². The van der Waals surface area contributed by atoms with E-state index in [1.807, 2.05) is 61.8 Å². The lowest BCUT2D eigenvalue weighted by molar-refractivity contribution is 0.0917. The third-order valence-corrected chi connectivity index (χ3v) is 6.45. The number of hydrogen-bond acceptors (Lipinski definition) is 5. The SMILES string of the molecule is CN1CCC(NC(=O)c2ccc(Cn3nc(-c4cnn(C)c4)c4ccccc4c3=O)cc2)CC1. The zero-order chi connectivity index (χ0) is 23.7. The maximum atomic E-state index is 13.2. The molecule has 1 aliphatic rings. The summed E-state index contributed by atoms with van der Waals surface area (Å²) in [6, 6.07) is 15.1. The summed E-state index contributed by atoms with van der Waals surface area (Å²) in [7, 11) is 3.96. The number of rotatable bonds is 5. The van der Waals surface area contributed by atoms with Crippen molar-refractivity contribution in [2.24, 2.45) is 7.05 Å². The number of nitrogens with one attached hydrogen (secondary N) is 1. The molecule has 0 atom stereocenters. The van der Waals surface area contributed by atoms with Gasteiger partial charge in [0, 0.05) is 35.8 Å². The Bertz CT molecular complexity index is 1380. The Morgan fingerprint density at radius 2 is 1.74 bits per heavy atom. The summed E-state index contributed by atoms with van der Waals surface area (Å²) < 4.78 is 3.20. The normalized spacial score (nSPS) is 15.0. The highest BCUT2D eigenvalue weighted by atomic mass is 16.1. The topological polar surface area (TPSA) is 85.1 Å². The molecule has 0 unspecified atom stereocenters. The number of aryl methyl sites for hydroxylation is 1. The molecule has 0 radical (unpaired) electrons. The van der Waals surface area contributed by atoms with Gasteiger partial charge in [0.05, 0.1) is 18.1 Å². The molecule has 0 saturated carbocycles. The maximum absolute atomic E-state index is 13.2. The number of likely N-dealkylation sites (tertiary alicyclic amines) is 1. The van der Waals surface area contributed by atoms with E-state index in [4.69, 9.17) is 0 Å². The van der Waals surface area contributed by atoms with E-state index in [-0.39, 0.29) is 17.5 Å². The van der Waals surface area contributed by atoms with Crippen LogP contribution in [-0.4, -0.2) is 56.5 Å². The molecule has 1 fully saturated rings. The van der Waals surface area contributed by atoms with Crippen molar-refractivity contribution < 1.29 is 4.79 Å². The van der Waals surface area contributed by atoms with Gasteiger partial charge in [-0.05, 0) is 56.7 Å². The first-order valence-corrected chi connectivity index (χ1v) is 11.5. The quantitative estimate of drug-likeness (QED) is 0.499. The van der Waals surface area contributed by atoms with Gasteiger partial charge in [0.1, 0.15) is 5.69 Å². The molecular formula is C26H28N6O2. The van der Waals surface area contributed by atoms with Gasteiger partial charge in [0.25, 0.3) is 11.5 Å². The minimum Gasteiger partial charge on any atom is -0.349 e. The molecule has 0 bridgehead atoms. The highest BCUT2D eigenvalue weighted by molar-refractivity contribution is 5.94. The van der Waals surface area contributed by atoms with Crippen molar-refractivity contribution in [2.75, 3.05) is 20.1 Å². The molecular weight excluding hydrogens is 428 g/mol. The fraction of sp³-hybridized carbons (Fsp3) is 0.308. The molecule has 0 spiro atoms. The predicted molar refractivity (Wildman–Crippen MR) is 132 cm³/mol. The van der Waals surface area contributed by atoms with Crippen molar-refractivity contribution >= 4 is 16.7 Å². The average molecular weight is 457 g/mol. The van der Waals surface area contributed by atoms with Crippen molar-refractivity contribution in [1.29, 1.82) is 0 Å². The van der Waals surface area contributed by atoms with E-state index in [1.165, 1.54) is 4.68 Å². The van der Waals surface area contributed by atoms with Crippen LogP contribution in [0.4, 0.5) is 0 Å². The molecule has 1 amide bonds. The Morgan fingerprint density at radius 3 is 2.41 bits per heavy atom. The second-order valence-corrected chi connectivity index (χ2v) is 9.01. The lowest BCUT2D eigenvalue weighted by Crippen LogP contribution is -2.43. The highest BCUT2D eigenvalue weighted by Crippen LogP contribution is 2.24. The molecule has 1 aliphatic heterocycles. The summed E-state index contributed by atoms with van der Waals surface area (Å²) in [6.45, 7) is 2.31. The molecule has 174 valence electrons. The number of piperidine rings is 1. The Morgan fingerprint density at radius 1 is 1.03 bits per heavy atom. The van der Waals surface area contributed by atoms with Crippen molar-refractivity contribution in [2.45, 2.75) is 25.4 Å². The molecule has 5 rings (SSSR count). The van der Waals surface area contributed by atoms with Gasteiger partial charge in [-0.25, -0.2) is 4.68 Å². The van der Waals surface area contributed by atoms with Crippen molar-refractivity contribution in [3.63, 3.8) is 0 Å². The Balaban J connectivity index is 1.38. The van der Waals surface area contributed by atoms with E-state index in [1.54, 1.807) is 10.9 Å². The van der Waals surface area contributed by atoms with Crippen LogP contribution in [0.2, 0.25) is 0 Å². The fourth-order valence-corrected chi connectivity index (χ4v) is 4.46. The van der Waals surface area contributed by atoms with E-state index in [0.29, 0.717) is 17.5 Å². The fourth-order valence-electron chi connectivity index (χ4n) is 4.46. The second kappa shape index (κ2) is 9.23. The van der Waals surface area contributed by atoms with E-state index in [9.17, 15) is 9.59 Å². The first-order valence-electron chi connectivity index (χ1n) is 11.5. The molecule has 8 nitrogen and oxygen atoms in total. The smallest absolute Gasteiger partial charge is 0.274 e. The van der Waals surface area contributed by atoms with E-state index < -0.39 is 0 Å². The summed E-state index contributed by atoms with van der Waals surface area (Å²) in [5, 5.41) is 13.5. The van der Waals surface area contributed by atoms with Crippen LogP contribution in [0.15, 0.2) is 65.7 Å². The summed E-state index contributed by atoms with van der Waals surface area (Å²) >= 11 is 0. The summed E-state index contributed by atoms with van der Waals surface area (Å²) in [5.74, 6) is -0.0547. The third kappa shape index (κ3) is 4.49. The summed E-state index contributed by atoms with van der Waals surface area (Å²) in [4.78, 5) is 28.1. The van der Waals surface area contributed by atoms with Crippen molar-refractivity contribution in [1.82, 2.24) is 29.8 Å². The number of hydrogen-bond donors (Lipinski definition) is 1. The van der Waals surface area contributed by atoms with Crippen LogP contribution in [0.5, 0.6) is 0 Å². The first kappa shape index (κ1) is 22.0. The highest BCUT2D eigenvalue weighted by Gasteiger charge is 2.19. The lowest BCUT2D eigenvalue weighted by atomic mass is 10.0. The number of nitrogens with zero attached hydrogens (tertiary/aromatic N) is 5. The Labute approximate surface area is 197 Å². The Hall–Kier alpha value is -3.78. The molecule has 34 heavy (non-hydrogen) atoms. The van der Waals surface area contributed by atoms with E-state index in [0.717, 1.165) is 48.1 Å². The van der Waals surface area contributed by atoms with Crippen LogP contribution < -0.4 is 10.9 Å². The van der Waals surface area contributed by atoms with Gasteiger partial charge >= 0.3 is 0 Å². The van der Waals surface area contributed by atoms with Crippen LogP contribution >= 0.6 is 0 Å². The largest absolute Gasteiger partial charge is 0.349 e. The van der Waals surface area contributed by atoms with Gasteiger partial charge in [0.15, 0.2) is 0 Å². The maximum Gasteiger partial charge on any atom is 0.274 e. The van der Waals surface area contributed by atoms with Gasteiger partial charge in [-0.2, -0.15) is 10.2 Å². The van der Waals surface area contributed by atoms with Crippen LogP contribution in [0.1, 0.15) is 28.8 Å². The minimum absolute atomic E-state index is 0.0547. The van der Waals surface area contributed by atoms with Gasteiger partial charge in [-0.15, -0.1) is 0 Å². The number of fused-ring (bicyclic) bond motifs is 1. The van der Waals surface area contributed by atoms with Crippen LogP contribution in [-0.2, 0) is 13.6 Å².